The number of carbonyl (C=O) groups excluding carboxylic acids is 1. The van der Waals surface area contributed by atoms with E-state index in [-0.39, 0.29) is 12.2 Å². The van der Waals surface area contributed by atoms with E-state index >= 15 is 0 Å². The maximum atomic E-state index is 13.0. The molecule has 0 saturated heterocycles. The Kier molecular flexibility index (Phi) is 6.61. The largest absolute Gasteiger partial charge is 0.498 e. The van der Waals surface area contributed by atoms with Crippen LogP contribution >= 0.6 is 0 Å². The zero-order chi connectivity index (χ0) is 20.1. The van der Waals surface area contributed by atoms with Crippen molar-refractivity contribution < 1.29 is 36.2 Å². The molecule has 2 rings (SSSR count). The van der Waals surface area contributed by atoms with Gasteiger partial charge in [-0.05, 0) is 11.1 Å². The van der Waals surface area contributed by atoms with Gasteiger partial charge in [-0.15, -0.1) is 0 Å². The standard InChI is InChI=1S/C18H17F3O5S/c19-18(20,21)27(24,25)16(11-15(22)14-9-5-2-6-10-14)17(23)26-12-13-7-3-1-4-8-13/h1-10,15-16,22H,11-12H2/t15-,16-/m1/s1. The summed E-state index contributed by atoms with van der Waals surface area (Å²) in [4.78, 5) is 12.2. The molecule has 0 aliphatic rings. The molecule has 1 N–H and O–H groups in total. The Labute approximate surface area is 154 Å². The summed E-state index contributed by atoms with van der Waals surface area (Å²) in [6, 6.07) is 15.6. The fourth-order valence-electron chi connectivity index (χ4n) is 2.35. The van der Waals surface area contributed by atoms with Gasteiger partial charge in [-0.1, -0.05) is 60.7 Å². The molecule has 0 amide bonds. The Morgan fingerprint density at radius 2 is 1.52 bits per heavy atom. The van der Waals surface area contributed by atoms with Crippen LogP contribution in [0.25, 0.3) is 0 Å². The van der Waals surface area contributed by atoms with Gasteiger partial charge < -0.3 is 9.84 Å². The fraction of sp³-hybridized carbons (Fsp3) is 0.278. The van der Waals surface area contributed by atoms with Gasteiger partial charge in [-0.25, -0.2) is 8.42 Å². The number of sulfone groups is 1. The van der Waals surface area contributed by atoms with Crippen LogP contribution in [0, 0.1) is 0 Å². The van der Waals surface area contributed by atoms with E-state index in [1.807, 2.05) is 0 Å². The highest BCUT2D eigenvalue weighted by Crippen LogP contribution is 2.32. The zero-order valence-electron chi connectivity index (χ0n) is 14.0. The van der Waals surface area contributed by atoms with Crippen LogP contribution in [0.15, 0.2) is 60.7 Å². The van der Waals surface area contributed by atoms with Crippen LogP contribution in [0.3, 0.4) is 0 Å². The van der Waals surface area contributed by atoms with Gasteiger partial charge in [0.1, 0.15) is 6.61 Å². The molecule has 0 aliphatic carbocycles. The minimum Gasteiger partial charge on any atom is -0.460 e. The van der Waals surface area contributed by atoms with E-state index in [4.69, 9.17) is 4.74 Å². The fourth-order valence-corrected chi connectivity index (χ4v) is 3.43. The van der Waals surface area contributed by atoms with Crippen molar-refractivity contribution in [3.63, 3.8) is 0 Å². The molecular weight excluding hydrogens is 385 g/mol. The molecule has 9 heteroatoms. The van der Waals surface area contributed by atoms with E-state index in [1.165, 1.54) is 24.3 Å². The Hall–Kier alpha value is -2.39. The maximum Gasteiger partial charge on any atom is 0.498 e. The number of aliphatic hydroxyl groups is 1. The summed E-state index contributed by atoms with van der Waals surface area (Å²) in [6.45, 7) is -0.384. The molecule has 27 heavy (non-hydrogen) atoms. The molecular formula is C18H17F3O5S. The number of hydrogen-bond acceptors (Lipinski definition) is 5. The molecule has 0 heterocycles. The predicted molar refractivity (Wildman–Crippen MR) is 91.0 cm³/mol. The highest BCUT2D eigenvalue weighted by Gasteiger charge is 2.54. The first-order valence-corrected chi connectivity index (χ1v) is 9.41. The van der Waals surface area contributed by atoms with E-state index in [9.17, 15) is 31.5 Å². The lowest BCUT2D eigenvalue weighted by Gasteiger charge is -2.21. The number of benzene rings is 2. The Balaban J connectivity index is 2.22. The van der Waals surface area contributed by atoms with Crippen molar-refractivity contribution in [3.05, 3.63) is 71.8 Å². The number of rotatable bonds is 7. The quantitative estimate of drug-likeness (QED) is 0.720. The Morgan fingerprint density at radius 1 is 1.00 bits per heavy atom. The van der Waals surface area contributed by atoms with Crippen molar-refractivity contribution in [2.45, 2.75) is 29.9 Å². The molecule has 146 valence electrons. The van der Waals surface area contributed by atoms with Gasteiger partial charge in [0, 0.05) is 6.42 Å². The third-order valence-corrected chi connectivity index (χ3v) is 5.58. The monoisotopic (exact) mass is 402 g/mol. The van der Waals surface area contributed by atoms with E-state index in [0.717, 1.165) is 0 Å². The summed E-state index contributed by atoms with van der Waals surface area (Å²) < 4.78 is 67.4. The number of aliphatic hydroxyl groups excluding tert-OH is 1. The average Bonchev–Trinajstić information content (AvgIpc) is 2.64. The van der Waals surface area contributed by atoms with Gasteiger partial charge in [0.05, 0.1) is 6.10 Å². The lowest BCUT2D eigenvalue weighted by atomic mass is 10.0. The summed E-state index contributed by atoms with van der Waals surface area (Å²) in [5, 5.41) is 7.54. The van der Waals surface area contributed by atoms with Crippen molar-refractivity contribution in [2.24, 2.45) is 0 Å². The second-order valence-corrected chi connectivity index (χ2v) is 7.86. The van der Waals surface area contributed by atoms with Crippen molar-refractivity contribution >= 4 is 15.8 Å². The number of ether oxygens (including phenoxy) is 1. The second kappa shape index (κ2) is 8.53. The normalized spacial score (nSPS) is 14.4. The molecule has 0 aliphatic heterocycles. The molecule has 2 aromatic rings. The molecule has 0 radical (unpaired) electrons. The van der Waals surface area contributed by atoms with E-state index in [1.54, 1.807) is 36.4 Å². The topological polar surface area (TPSA) is 80.7 Å². The summed E-state index contributed by atoms with van der Waals surface area (Å²) in [7, 11) is -5.88. The number of esters is 1. The van der Waals surface area contributed by atoms with Gasteiger partial charge in [-0.3, -0.25) is 4.79 Å². The predicted octanol–water partition coefficient (Wildman–Crippen LogP) is 3.16. The van der Waals surface area contributed by atoms with E-state index in [2.05, 4.69) is 0 Å². The van der Waals surface area contributed by atoms with Gasteiger partial charge >= 0.3 is 11.5 Å². The van der Waals surface area contributed by atoms with Crippen LogP contribution in [0.2, 0.25) is 0 Å². The molecule has 0 unspecified atom stereocenters. The van der Waals surface area contributed by atoms with Gasteiger partial charge in [-0.2, -0.15) is 13.2 Å². The van der Waals surface area contributed by atoms with Gasteiger partial charge in [0.25, 0.3) is 9.84 Å². The van der Waals surface area contributed by atoms with Crippen LogP contribution < -0.4 is 0 Å². The highest BCUT2D eigenvalue weighted by atomic mass is 32.2. The lowest BCUT2D eigenvalue weighted by Crippen LogP contribution is -2.41. The summed E-state index contributed by atoms with van der Waals surface area (Å²) in [5.41, 5.74) is -4.98. The molecule has 0 spiro atoms. The molecule has 2 aromatic carbocycles. The minimum absolute atomic E-state index is 0.190. The number of alkyl halides is 3. The molecule has 0 saturated carbocycles. The van der Waals surface area contributed by atoms with Crippen LogP contribution in [-0.4, -0.2) is 30.3 Å². The molecule has 2 atom stereocenters. The number of hydrogen-bond donors (Lipinski definition) is 1. The van der Waals surface area contributed by atoms with Crippen LogP contribution in [-0.2, 0) is 26.0 Å². The minimum atomic E-state index is -5.88. The first-order chi connectivity index (χ1) is 12.6. The zero-order valence-corrected chi connectivity index (χ0v) is 14.8. The smallest absolute Gasteiger partial charge is 0.460 e. The first kappa shape index (κ1) is 20.9. The van der Waals surface area contributed by atoms with Crippen molar-refractivity contribution in [1.29, 1.82) is 0 Å². The van der Waals surface area contributed by atoms with Crippen molar-refractivity contribution in [3.8, 4) is 0 Å². The molecule has 0 aromatic heterocycles. The number of halogens is 3. The van der Waals surface area contributed by atoms with Crippen LogP contribution in [0.4, 0.5) is 13.2 Å². The first-order valence-electron chi connectivity index (χ1n) is 7.86. The van der Waals surface area contributed by atoms with Crippen molar-refractivity contribution in [2.75, 3.05) is 0 Å². The molecule has 5 nitrogen and oxygen atoms in total. The molecule has 0 bridgehead atoms. The molecule has 0 fully saturated rings. The van der Waals surface area contributed by atoms with Crippen LogP contribution in [0.5, 0.6) is 0 Å². The van der Waals surface area contributed by atoms with Gasteiger partial charge in [0.2, 0.25) is 0 Å². The van der Waals surface area contributed by atoms with E-state index in [0.29, 0.717) is 5.56 Å². The van der Waals surface area contributed by atoms with Crippen LogP contribution in [0.1, 0.15) is 23.7 Å². The Morgan fingerprint density at radius 3 is 2.04 bits per heavy atom. The summed E-state index contributed by atoms with van der Waals surface area (Å²) in [5.74, 6) is -1.56. The SMILES string of the molecule is O=C(OCc1ccccc1)[C@@H](C[C@@H](O)c1ccccc1)S(=O)(=O)C(F)(F)F. The summed E-state index contributed by atoms with van der Waals surface area (Å²) in [6.07, 6.45) is -2.56. The maximum absolute atomic E-state index is 13.0. The third-order valence-electron chi connectivity index (χ3n) is 3.81. The lowest BCUT2D eigenvalue weighted by molar-refractivity contribution is -0.145. The summed E-state index contributed by atoms with van der Waals surface area (Å²) >= 11 is 0. The average molecular weight is 402 g/mol. The number of carbonyl (C=O) groups is 1. The third kappa shape index (κ3) is 5.30. The highest BCUT2D eigenvalue weighted by molar-refractivity contribution is 7.93. The van der Waals surface area contributed by atoms with Crippen molar-refractivity contribution in [1.82, 2.24) is 0 Å². The second-order valence-electron chi connectivity index (χ2n) is 5.73. The Bertz CT molecular complexity index is 852. The van der Waals surface area contributed by atoms with E-state index < -0.39 is 39.1 Å². The van der Waals surface area contributed by atoms with Gasteiger partial charge in [0.15, 0.2) is 5.25 Å².